The second kappa shape index (κ2) is 6.83. The third kappa shape index (κ3) is 3.90. The first-order valence-corrected chi connectivity index (χ1v) is 7.38. The summed E-state index contributed by atoms with van der Waals surface area (Å²) in [5.41, 5.74) is 7.54. The first-order chi connectivity index (χ1) is 10.0. The molecule has 110 valence electrons. The van der Waals surface area contributed by atoms with E-state index in [0.717, 1.165) is 17.7 Å². The number of nitrogens with two attached hydrogens (primary N) is 1. The van der Waals surface area contributed by atoms with Crippen molar-refractivity contribution in [1.82, 2.24) is 0 Å². The molecule has 1 atom stereocenters. The summed E-state index contributed by atoms with van der Waals surface area (Å²) in [6.45, 7) is 2.09. The first kappa shape index (κ1) is 15.7. The van der Waals surface area contributed by atoms with Crippen LogP contribution in [0.15, 0.2) is 42.5 Å². The van der Waals surface area contributed by atoms with E-state index in [9.17, 15) is 4.79 Å². The molecule has 0 heterocycles. The molecule has 0 bridgehead atoms. The molecule has 0 saturated carbocycles. The van der Waals surface area contributed by atoms with E-state index in [1.54, 1.807) is 18.2 Å². The predicted octanol–water partition coefficient (Wildman–Crippen LogP) is 4.66. The molecule has 0 aliphatic heterocycles. The Hall–Kier alpha value is -1.71. The summed E-state index contributed by atoms with van der Waals surface area (Å²) in [6, 6.07) is 13.0. The number of nitrogens with one attached hydrogen (secondary N) is 1. The van der Waals surface area contributed by atoms with Gasteiger partial charge in [0.15, 0.2) is 0 Å². The van der Waals surface area contributed by atoms with Gasteiger partial charge in [0.05, 0.1) is 16.6 Å². The highest BCUT2D eigenvalue weighted by Gasteiger charge is 2.11. The van der Waals surface area contributed by atoms with Crippen LogP contribution in [0.5, 0.6) is 0 Å². The molecule has 2 rings (SSSR count). The number of anilines is 1. The molecule has 0 fully saturated rings. The zero-order valence-corrected chi connectivity index (χ0v) is 13.1. The lowest BCUT2D eigenvalue weighted by atomic mass is 10.0. The fourth-order valence-corrected chi connectivity index (χ4v) is 2.52. The van der Waals surface area contributed by atoms with E-state index < -0.39 is 5.91 Å². The number of halogens is 2. The lowest BCUT2D eigenvalue weighted by molar-refractivity contribution is 0.100. The van der Waals surface area contributed by atoms with Crippen molar-refractivity contribution in [2.45, 2.75) is 19.4 Å². The number of hydrogen-bond donors (Lipinski definition) is 2. The zero-order valence-electron chi connectivity index (χ0n) is 11.6. The van der Waals surface area contributed by atoms with Crippen molar-refractivity contribution in [1.29, 1.82) is 0 Å². The number of amides is 1. The highest BCUT2D eigenvalue weighted by Crippen LogP contribution is 2.27. The van der Waals surface area contributed by atoms with Crippen LogP contribution in [-0.2, 0) is 0 Å². The third-order valence-electron chi connectivity index (χ3n) is 3.26. The summed E-state index contributed by atoms with van der Waals surface area (Å²) in [6.07, 6.45) is 0.900. The standard InChI is InChI=1S/C16H16Cl2N2O/c1-2-15(10-3-5-11(17)6-4-10)20-12-7-8-13(16(19)21)14(18)9-12/h3-9,15,20H,2H2,1H3,(H2,19,21). The molecule has 0 radical (unpaired) electrons. The van der Waals surface area contributed by atoms with Crippen LogP contribution in [-0.4, -0.2) is 5.91 Å². The van der Waals surface area contributed by atoms with Crippen LogP contribution in [0.1, 0.15) is 35.3 Å². The van der Waals surface area contributed by atoms with E-state index in [2.05, 4.69) is 12.2 Å². The van der Waals surface area contributed by atoms with Gasteiger partial charge in [0, 0.05) is 10.7 Å². The Morgan fingerprint density at radius 1 is 1.19 bits per heavy atom. The number of rotatable bonds is 5. The average Bonchev–Trinajstić information content (AvgIpc) is 2.45. The Morgan fingerprint density at radius 2 is 1.86 bits per heavy atom. The van der Waals surface area contributed by atoms with Gasteiger partial charge in [-0.1, -0.05) is 42.3 Å². The maximum absolute atomic E-state index is 11.2. The summed E-state index contributed by atoms with van der Waals surface area (Å²) in [7, 11) is 0. The minimum absolute atomic E-state index is 0.137. The van der Waals surface area contributed by atoms with E-state index in [0.29, 0.717) is 15.6 Å². The van der Waals surface area contributed by atoms with E-state index in [1.807, 2.05) is 24.3 Å². The average molecular weight is 323 g/mol. The maximum atomic E-state index is 11.2. The van der Waals surface area contributed by atoms with Crippen molar-refractivity contribution in [3.05, 3.63) is 63.6 Å². The second-order valence-electron chi connectivity index (χ2n) is 4.72. The van der Waals surface area contributed by atoms with Gasteiger partial charge in [-0.05, 0) is 42.3 Å². The fraction of sp³-hybridized carbons (Fsp3) is 0.188. The molecule has 2 aromatic rings. The predicted molar refractivity (Wildman–Crippen MR) is 88.1 cm³/mol. The molecule has 0 saturated heterocycles. The Bertz CT molecular complexity index is 641. The highest BCUT2D eigenvalue weighted by molar-refractivity contribution is 6.34. The summed E-state index contributed by atoms with van der Waals surface area (Å²) in [5, 5.41) is 4.45. The van der Waals surface area contributed by atoms with Crippen LogP contribution >= 0.6 is 23.2 Å². The second-order valence-corrected chi connectivity index (χ2v) is 5.56. The van der Waals surface area contributed by atoms with Crippen LogP contribution in [0, 0.1) is 0 Å². The third-order valence-corrected chi connectivity index (χ3v) is 3.82. The van der Waals surface area contributed by atoms with E-state index >= 15 is 0 Å². The normalized spacial score (nSPS) is 12.0. The van der Waals surface area contributed by atoms with Crippen LogP contribution in [0.3, 0.4) is 0 Å². The molecular formula is C16H16Cl2N2O. The van der Waals surface area contributed by atoms with Crippen molar-refractivity contribution < 1.29 is 4.79 Å². The Kier molecular flexibility index (Phi) is 5.10. The number of benzene rings is 2. The van der Waals surface area contributed by atoms with Crippen LogP contribution < -0.4 is 11.1 Å². The van der Waals surface area contributed by atoms with Gasteiger partial charge in [-0.25, -0.2) is 0 Å². The highest BCUT2D eigenvalue weighted by atomic mass is 35.5. The monoisotopic (exact) mass is 322 g/mol. The number of carbonyl (C=O) groups is 1. The summed E-state index contributed by atoms with van der Waals surface area (Å²) in [4.78, 5) is 11.2. The summed E-state index contributed by atoms with van der Waals surface area (Å²) in [5.74, 6) is -0.531. The molecule has 0 aliphatic rings. The van der Waals surface area contributed by atoms with Gasteiger partial charge in [-0.15, -0.1) is 0 Å². The molecule has 5 heteroatoms. The van der Waals surface area contributed by atoms with Crippen LogP contribution in [0.2, 0.25) is 10.0 Å². The van der Waals surface area contributed by atoms with E-state index in [4.69, 9.17) is 28.9 Å². The minimum Gasteiger partial charge on any atom is -0.378 e. The molecule has 3 nitrogen and oxygen atoms in total. The quantitative estimate of drug-likeness (QED) is 0.841. The molecule has 2 aromatic carbocycles. The van der Waals surface area contributed by atoms with Crippen LogP contribution in [0.4, 0.5) is 5.69 Å². The molecule has 1 amide bonds. The van der Waals surface area contributed by atoms with Crippen molar-refractivity contribution >= 4 is 34.8 Å². The van der Waals surface area contributed by atoms with Gasteiger partial charge in [0.25, 0.3) is 0 Å². The number of hydrogen-bond acceptors (Lipinski definition) is 2. The zero-order chi connectivity index (χ0) is 15.4. The molecule has 1 unspecified atom stereocenters. The topological polar surface area (TPSA) is 55.1 Å². The first-order valence-electron chi connectivity index (χ1n) is 6.62. The molecule has 3 N–H and O–H groups in total. The fourth-order valence-electron chi connectivity index (χ4n) is 2.12. The Labute approximate surface area is 134 Å². The van der Waals surface area contributed by atoms with Crippen molar-refractivity contribution in [2.24, 2.45) is 5.73 Å². The van der Waals surface area contributed by atoms with Crippen molar-refractivity contribution in [3.63, 3.8) is 0 Å². The molecule has 0 aromatic heterocycles. The summed E-state index contributed by atoms with van der Waals surface area (Å²) >= 11 is 12.0. The van der Waals surface area contributed by atoms with E-state index in [-0.39, 0.29) is 6.04 Å². The Balaban J connectivity index is 2.20. The van der Waals surface area contributed by atoms with E-state index in [1.165, 1.54) is 0 Å². The number of primary amides is 1. The number of carbonyl (C=O) groups excluding carboxylic acids is 1. The van der Waals surface area contributed by atoms with Gasteiger partial charge in [0.2, 0.25) is 5.91 Å². The summed E-state index contributed by atoms with van der Waals surface area (Å²) < 4.78 is 0. The van der Waals surface area contributed by atoms with Crippen LogP contribution in [0.25, 0.3) is 0 Å². The van der Waals surface area contributed by atoms with Gasteiger partial charge in [-0.3, -0.25) is 4.79 Å². The van der Waals surface area contributed by atoms with Crippen molar-refractivity contribution in [3.8, 4) is 0 Å². The largest absolute Gasteiger partial charge is 0.378 e. The molecule has 0 spiro atoms. The van der Waals surface area contributed by atoms with Gasteiger partial charge >= 0.3 is 0 Å². The van der Waals surface area contributed by atoms with Gasteiger partial charge < -0.3 is 11.1 Å². The minimum atomic E-state index is -0.531. The van der Waals surface area contributed by atoms with Gasteiger partial charge in [0.1, 0.15) is 0 Å². The lowest BCUT2D eigenvalue weighted by Gasteiger charge is -2.19. The Morgan fingerprint density at radius 3 is 2.38 bits per heavy atom. The van der Waals surface area contributed by atoms with Crippen molar-refractivity contribution in [2.75, 3.05) is 5.32 Å². The smallest absolute Gasteiger partial charge is 0.250 e. The molecular weight excluding hydrogens is 307 g/mol. The lowest BCUT2D eigenvalue weighted by Crippen LogP contribution is -2.13. The SMILES string of the molecule is CCC(Nc1ccc(C(N)=O)c(Cl)c1)c1ccc(Cl)cc1. The maximum Gasteiger partial charge on any atom is 0.250 e. The molecule has 21 heavy (non-hydrogen) atoms. The van der Waals surface area contributed by atoms with Gasteiger partial charge in [-0.2, -0.15) is 0 Å². The molecule has 0 aliphatic carbocycles.